The summed E-state index contributed by atoms with van der Waals surface area (Å²) in [5.74, 6) is -0.281. The average Bonchev–Trinajstić information content (AvgIpc) is 3.10. The molecule has 144 valence electrons. The van der Waals surface area contributed by atoms with Crippen molar-refractivity contribution >= 4 is 11.9 Å². The second-order valence-electron chi connectivity index (χ2n) is 6.60. The molecule has 6 nitrogen and oxygen atoms in total. The van der Waals surface area contributed by atoms with Gasteiger partial charge in [-0.25, -0.2) is 9.78 Å². The maximum absolute atomic E-state index is 12.3. The maximum atomic E-state index is 12.3. The Morgan fingerprint density at radius 3 is 2.39 bits per heavy atom. The van der Waals surface area contributed by atoms with Gasteiger partial charge in [-0.15, -0.1) is 0 Å². The van der Waals surface area contributed by atoms with E-state index in [9.17, 15) is 9.59 Å². The summed E-state index contributed by atoms with van der Waals surface area (Å²) in [5.41, 5.74) is 3.00. The summed E-state index contributed by atoms with van der Waals surface area (Å²) in [6.07, 6.45) is 0. The highest BCUT2D eigenvalue weighted by molar-refractivity contribution is 5.90. The minimum atomic E-state index is -0.680. The van der Waals surface area contributed by atoms with Crippen molar-refractivity contribution < 1.29 is 18.7 Å². The van der Waals surface area contributed by atoms with Gasteiger partial charge in [-0.1, -0.05) is 48.0 Å². The van der Waals surface area contributed by atoms with Crippen molar-refractivity contribution in [2.75, 3.05) is 13.7 Å². The lowest BCUT2D eigenvalue weighted by Gasteiger charge is -2.17. The topological polar surface area (TPSA) is 72.6 Å². The van der Waals surface area contributed by atoms with Crippen molar-refractivity contribution in [1.29, 1.82) is 0 Å². The number of carbonyl (C=O) groups is 2. The molecule has 0 radical (unpaired) electrons. The van der Waals surface area contributed by atoms with Crippen LogP contribution in [0.4, 0.5) is 0 Å². The number of nitrogens with zero attached hydrogens (tertiary/aromatic N) is 2. The number of oxazole rings is 1. The van der Waals surface area contributed by atoms with E-state index in [1.165, 1.54) is 4.90 Å². The molecule has 1 amide bonds. The average molecular weight is 378 g/mol. The van der Waals surface area contributed by atoms with Gasteiger partial charge < -0.3 is 14.1 Å². The van der Waals surface area contributed by atoms with Gasteiger partial charge in [0.1, 0.15) is 5.76 Å². The van der Waals surface area contributed by atoms with E-state index in [4.69, 9.17) is 9.15 Å². The predicted octanol–water partition coefficient (Wildman–Crippen LogP) is 3.77. The molecule has 0 atom stereocenters. The molecule has 2 aromatic carbocycles. The lowest BCUT2D eigenvalue weighted by atomic mass is 10.1. The molecule has 0 bridgehead atoms. The van der Waals surface area contributed by atoms with Crippen LogP contribution in [0.3, 0.4) is 0 Å². The Balaban J connectivity index is 1.58. The van der Waals surface area contributed by atoms with Crippen molar-refractivity contribution in [1.82, 2.24) is 9.88 Å². The maximum Gasteiger partial charge on any atom is 0.361 e. The number of rotatable bonds is 6. The first-order valence-electron chi connectivity index (χ1n) is 8.93. The highest BCUT2D eigenvalue weighted by Gasteiger charge is 2.21. The Morgan fingerprint density at radius 2 is 1.71 bits per heavy atom. The van der Waals surface area contributed by atoms with Crippen LogP contribution in [-0.4, -0.2) is 35.4 Å². The van der Waals surface area contributed by atoms with Gasteiger partial charge in [0.15, 0.2) is 12.3 Å². The third-order valence-corrected chi connectivity index (χ3v) is 4.30. The smallest absolute Gasteiger partial charge is 0.361 e. The van der Waals surface area contributed by atoms with Crippen molar-refractivity contribution in [2.45, 2.75) is 20.4 Å². The zero-order valence-electron chi connectivity index (χ0n) is 16.1. The molecule has 0 saturated heterocycles. The van der Waals surface area contributed by atoms with Crippen LogP contribution in [0.1, 0.15) is 27.4 Å². The van der Waals surface area contributed by atoms with Crippen LogP contribution in [0, 0.1) is 13.8 Å². The van der Waals surface area contributed by atoms with Crippen molar-refractivity contribution in [3.8, 4) is 11.5 Å². The van der Waals surface area contributed by atoms with Gasteiger partial charge in [0.05, 0.1) is 0 Å². The van der Waals surface area contributed by atoms with Crippen LogP contribution >= 0.6 is 0 Å². The first-order chi connectivity index (χ1) is 13.4. The molecule has 0 aliphatic carbocycles. The number of esters is 1. The fraction of sp³-hybridized carbons (Fsp3) is 0.227. The molecular weight excluding hydrogens is 356 g/mol. The SMILES string of the molecule is Cc1ccc(CN(C)C(=O)COC(=O)c2nc(-c3ccccc3)oc2C)cc1. The van der Waals surface area contributed by atoms with Gasteiger partial charge >= 0.3 is 5.97 Å². The summed E-state index contributed by atoms with van der Waals surface area (Å²) >= 11 is 0. The summed E-state index contributed by atoms with van der Waals surface area (Å²) in [4.78, 5) is 30.3. The standard InChI is InChI=1S/C22H22N2O4/c1-15-9-11-17(12-10-15)13-24(3)19(25)14-27-22(26)20-16(2)28-21(23-20)18-7-5-4-6-8-18/h4-12H,13-14H2,1-3H3. The van der Waals surface area contributed by atoms with Gasteiger partial charge in [0, 0.05) is 19.2 Å². The summed E-state index contributed by atoms with van der Waals surface area (Å²) < 4.78 is 10.7. The number of aromatic nitrogens is 1. The number of ether oxygens (including phenoxy) is 1. The molecule has 1 heterocycles. The summed E-state index contributed by atoms with van der Waals surface area (Å²) in [6.45, 7) is 3.74. The molecule has 0 N–H and O–H groups in total. The highest BCUT2D eigenvalue weighted by atomic mass is 16.5. The Kier molecular flexibility index (Phi) is 5.89. The minimum absolute atomic E-state index is 0.0767. The number of amides is 1. The molecule has 3 aromatic rings. The van der Waals surface area contributed by atoms with E-state index in [1.807, 2.05) is 61.5 Å². The fourth-order valence-electron chi connectivity index (χ4n) is 2.65. The van der Waals surface area contributed by atoms with Gasteiger partial charge in [0.25, 0.3) is 5.91 Å². The molecular formula is C22H22N2O4. The van der Waals surface area contributed by atoms with Gasteiger partial charge in [-0.3, -0.25) is 4.79 Å². The Bertz CT molecular complexity index is 962. The van der Waals surface area contributed by atoms with Crippen LogP contribution in [0.25, 0.3) is 11.5 Å². The molecule has 0 fully saturated rings. The fourth-order valence-corrected chi connectivity index (χ4v) is 2.65. The van der Waals surface area contributed by atoms with Crippen LogP contribution in [-0.2, 0) is 16.1 Å². The van der Waals surface area contributed by atoms with Gasteiger partial charge in [0.2, 0.25) is 5.89 Å². The van der Waals surface area contributed by atoms with Crippen molar-refractivity contribution in [3.05, 3.63) is 77.2 Å². The number of carbonyl (C=O) groups excluding carboxylic acids is 2. The first kappa shape index (κ1) is 19.4. The minimum Gasteiger partial charge on any atom is -0.451 e. The van der Waals surface area contributed by atoms with Crippen LogP contribution in [0.5, 0.6) is 0 Å². The highest BCUT2D eigenvalue weighted by Crippen LogP contribution is 2.21. The number of benzene rings is 2. The van der Waals surface area contributed by atoms with E-state index in [2.05, 4.69) is 4.98 Å². The third kappa shape index (κ3) is 4.65. The zero-order chi connectivity index (χ0) is 20.1. The molecule has 6 heteroatoms. The molecule has 0 spiro atoms. The Morgan fingerprint density at radius 1 is 1.04 bits per heavy atom. The zero-order valence-corrected chi connectivity index (χ0v) is 16.1. The molecule has 1 aromatic heterocycles. The van der Waals surface area contributed by atoms with Crippen molar-refractivity contribution in [3.63, 3.8) is 0 Å². The third-order valence-electron chi connectivity index (χ3n) is 4.30. The number of likely N-dealkylation sites (N-methyl/N-ethyl adjacent to an activating group) is 1. The Labute approximate surface area is 163 Å². The van der Waals surface area contributed by atoms with E-state index in [0.717, 1.165) is 16.7 Å². The molecule has 0 unspecified atom stereocenters. The lowest BCUT2D eigenvalue weighted by molar-refractivity contribution is -0.133. The van der Waals surface area contributed by atoms with Gasteiger partial charge in [-0.05, 0) is 31.5 Å². The first-order valence-corrected chi connectivity index (χ1v) is 8.93. The second-order valence-corrected chi connectivity index (χ2v) is 6.60. The monoisotopic (exact) mass is 378 g/mol. The van der Waals surface area contributed by atoms with Crippen molar-refractivity contribution in [2.24, 2.45) is 0 Å². The van der Waals surface area contributed by atoms with E-state index in [0.29, 0.717) is 18.2 Å². The second kappa shape index (κ2) is 8.52. The lowest BCUT2D eigenvalue weighted by Crippen LogP contribution is -2.31. The summed E-state index contributed by atoms with van der Waals surface area (Å²) in [6, 6.07) is 17.2. The van der Waals surface area contributed by atoms with E-state index < -0.39 is 5.97 Å². The van der Waals surface area contributed by atoms with E-state index in [1.54, 1.807) is 14.0 Å². The molecule has 0 aliphatic rings. The van der Waals surface area contributed by atoms with E-state index >= 15 is 0 Å². The number of aryl methyl sites for hydroxylation is 2. The van der Waals surface area contributed by atoms with E-state index in [-0.39, 0.29) is 18.2 Å². The molecule has 0 saturated carbocycles. The molecule has 28 heavy (non-hydrogen) atoms. The van der Waals surface area contributed by atoms with Crippen LogP contribution < -0.4 is 0 Å². The largest absolute Gasteiger partial charge is 0.451 e. The quantitative estimate of drug-likeness (QED) is 0.611. The summed E-state index contributed by atoms with van der Waals surface area (Å²) in [5, 5.41) is 0. The normalized spacial score (nSPS) is 10.5. The summed E-state index contributed by atoms with van der Waals surface area (Å²) in [7, 11) is 1.67. The van der Waals surface area contributed by atoms with Gasteiger partial charge in [-0.2, -0.15) is 0 Å². The molecule has 0 aliphatic heterocycles. The van der Waals surface area contributed by atoms with Crippen LogP contribution in [0.2, 0.25) is 0 Å². The molecule has 3 rings (SSSR count). The number of hydrogen-bond donors (Lipinski definition) is 0. The van der Waals surface area contributed by atoms with Crippen LogP contribution in [0.15, 0.2) is 59.0 Å². The Hall–Kier alpha value is -3.41. The number of hydrogen-bond acceptors (Lipinski definition) is 5. The predicted molar refractivity (Wildman–Crippen MR) is 105 cm³/mol.